The van der Waals surface area contributed by atoms with Crippen LogP contribution in [-0.2, 0) is 14.9 Å². The molecule has 1 aromatic carbocycles. The van der Waals surface area contributed by atoms with Gasteiger partial charge in [0.05, 0.1) is 6.61 Å². The highest BCUT2D eigenvalue weighted by atomic mass is 32.2. The fraction of sp³-hybridized carbons (Fsp3) is 0.562. The summed E-state index contributed by atoms with van der Waals surface area (Å²) in [5.41, 5.74) is 0.322. The zero-order valence-electron chi connectivity index (χ0n) is 14.2. The van der Waals surface area contributed by atoms with Gasteiger partial charge in [0.1, 0.15) is 5.82 Å². The molecule has 9 heteroatoms. The third-order valence-corrected chi connectivity index (χ3v) is 5.61. The first-order valence-electron chi connectivity index (χ1n) is 8.20. The van der Waals surface area contributed by atoms with Crippen molar-refractivity contribution < 1.29 is 22.3 Å². The van der Waals surface area contributed by atoms with E-state index in [0.29, 0.717) is 25.3 Å². The van der Waals surface area contributed by atoms with E-state index in [0.717, 1.165) is 12.8 Å². The van der Waals surface area contributed by atoms with Gasteiger partial charge in [-0.2, -0.15) is 12.7 Å². The molecule has 1 amide bonds. The Bertz CT molecular complexity index is 664. The summed E-state index contributed by atoms with van der Waals surface area (Å²) >= 11 is 0. The number of methoxy groups -OCH3 is 1. The molecule has 1 saturated heterocycles. The number of carbonyl (C=O) groups excluding carboxylic acids is 1. The second-order valence-electron chi connectivity index (χ2n) is 5.98. The lowest BCUT2D eigenvalue weighted by Gasteiger charge is -2.31. The van der Waals surface area contributed by atoms with Crippen LogP contribution in [0.25, 0.3) is 0 Å². The van der Waals surface area contributed by atoms with E-state index >= 15 is 0 Å². The molecule has 1 heterocycles. The maximum absolute atomic E-state index is 12.8. The van der Waals surface area contributed by atoms with Crippen molar-refractivity contribution in [2.75, 3.05) is 39.9 Å². The zero-order chi connectivity index (χ0) is 18.3. The quantitative estimate of drug-likeness (QED) is 0.658. The Labute approximate surface area is 147 Å². The average Bonchev–Trinajstić information content (AvgIpc) is 2.60. The second kappa shape index (κ2) is 9.23. The van der Waals surface area contributed by atoms with E-state index in [4.69, 9.17) is 4.74 Å². The van der Waals surface area contributed by atoms with Crippen molar-refractivity contribution in [1.82, 2.24) is 14.3 Å². The first kappa shape index (κ1) is 19.8. The molecule has 1 aliphatic heterocycles. The number of benzene rings is 1. The SMILES string of the molecule is COCC1CCCN(S(=O)(=O)NCCNC(=O)c2ccc(F)cc2)C1. The maximum atomic E-state index is 12.8. The highest BCUT2D eigenvalue weighted by Crippen LogP contribution is 2.18. The highest BCUT2D eigenvalue weighted by Gasteiger charge is 2.28. The van der Waals surface area contributed by atoms with E-state index in [1.165, 1.54) is 28.6 Å². The van der Waals surface area contributed by atoms with E-state index in [1.54, 1.807) is 7.11 Å². The Morgan fingerprint density at radius 3 is 2.72 bits per heavy atom. The zero-order valence-corrected chi connectivity index (χ0v) is 15.0. The monoisotopic (exact) mass is 373 g/mol. The minimum absolute atomic E-state index is 0.0840. The van der Waals surface area contributed by atoms with Crippen LogP contribution in [0.2, 0.25) is 0 Å². The van der Waals surface area contributed by atoms with Crippen LogP contribution in [0, 0.1) is 11.7 Å². The summed E-state index contributed by atoms with van der Waals surface area (Å²) in [5, 5.41) is 2.60. The molecule has 0 aliphatic carbocycles. The number of halogens is 1. The van der Waals surface area contributed by atoms with Gasteiger partial charge in [0.25, 0.3) is 16.1 Å². The number of carbonyl (C=O) groups is 1. The summed E-state index contributed by atoms with van der Waals surface area (Å²) in [7, 11) is -1.97. The lowest BCUT2D eigenvalue weighted by atomic mass is 10.0. The van der Waals surface area contributed by atoms with E-state index in [9.17, 15) is 17.6 Å². The molecule has 0 aromatic heterocycles. The van der Waals surface area contributed by atoms with Crippen LogP contribution in [0.4, 0.5) is 4.39 Å². The third-order valence-electron chi connectivity index (χ3n) is 4.03. The van der Waals surface area contributed by atoms with Gasteiger partial charge in [-0.1, -0.05) is 0 Å². The summed E-state index contributed by atoms with van der Waals surface area (Å²) in [6.45, 7) is 1.69. The maximum Gasteiger partial charge on any atom is 0.279 e. The topological polar surface area (TPSA) is 87.7 Å². The summed E-state index contributed by atoms with van der Waals surface area (Å²) in [6.07, 6.45) is 1.75. The molecule has 1 fully saturated rings. The Morgan fingerprint density at radius 2 is 2.04 bits per heavy atom. The van der Waals surface area contributed by atoms with Gasteiger partial charge in [0.15, 0.2) is 0 Å². The molecule has 7 nitrogen and oxygen atoms in total. The van der Waals surface area contributed by atoms with Gasteiger partial charge in [0, 0.05) is 38.9 Å². The number of nitrogens with one attached hydrogen (secondary N) is 2. The van der Waals surface area contributed by atoms with E-state index in [-0.39, 0.29) is 24.9 Å². The Kier molecular flexibility index (Phi) is 7.30. The molecule has 1 unspecified atom stereocenters. The molecule has 140 valence electrons. The molecule has 0 saturated carbocycles. The summed E-state index contributed by atoms with van der Waals surface area (Å²) in [6, 6.07) is 5.14. The molecule has 0 radical (unpaired) electrons. The molecule has 1 aromatic rings. The van der Waals surface area contributed by atoms with Gasteiger partial charge in [-0.05, 0) is 43.0 Å². The predicted octanol–water partition coefficient (Wildman–Crippen LogP) is 0.748. The van der Waals surface area contributed by atoms with Gasteiger partial charge >= 0.3 is 0 Å². The minimum atomic E-state index is -3.58. The molecule has 0 spiro atoms. The number of piperidine rings is 1. The van der Waals surface area contributed by atoms with Crippen LogP contribution in [-0.4, -0.2) is 58.5 Å². The van der Waals surface area contributed by atoms with Gasteiger partial charge in [-0.15, -0.1) is 0 Å². The molecule has 25 heavy (non-hydrogen) atoms. The van der Waals surface area contributed by atoms with E-state index in [1.807, 2.05) is 0 Å². The predicted molar refractivity (Wildman–Crippen MR) is 91.8 cm³/mol. The van der Waals surface area contributed by atoms with Crippen LogP contribution in [0.15, 0.2) is 24.3 Å². The van der Waals surface area contributed by atoms with Crippen molar-refractivity contribution in [3.8, 4) is 0 Å². The number of rotatable bonds is 8. The smallest absolute Gasteiger partial charge is 0.279 e. The molecule has 1 atom stereocenters. The average molecular weight is 373 g/mol. The largest absolute Gasteiger partial charge is 0.384 e. The van der Waals surface area contributed by atoms with E-state index < -0.39 is 16.0 Å². The van der Waals surface area contributed by atoms with Crippen molar-refractivity contribution in [2.45, 2.75) is 12.8 Å². The number of hydrogen-bond donors (Lipinski definition) is 2. The Morgan fingerprint density at radius 1 is 1.32 bits per heavy atom. The first-order valence-corrected chi connectivity index (χ1v) is 9.64. The van der Waals surface area contributed by atoms with Crippen molar-refractivity contribution in [3.05, 3.63) is 35.6 Å². The Hall–Kier alpha value is -1.55. The van der Waals surface area contributed by atoms with Gasteiger partial charge in [-0.3, -0.25) is 4.79 Å². The number of hydrogen-bond acceptors (Lipinski definition) is 4. The number of nitrogens with zero attached hydrogens (tertiary/aromatic N) is 1. The minimum Gasteiger partial charge on any atom is -0.384 e. The van der Waals surface area contributed by atoms with Crippen molar-refractivity contribution in [2.24, 2.45) is 5.92 Å². The molecule has 2 rings (SSSR count). The van der Waals surface area contributed by atoms with Gasteiger partial charge in [0.2, 0.25) is 0 Å². The normalized spacial score (nSPS) is 18.9. The van der Waals surface area contributed by atoms with Crippen molar-refractivity contribution in [1.29, 1.82) is 0 Å². The lowest BCUT2D eigenvalue weighted by Crippen LogP contribution is -2.48. The van der Waals surface area contributed by atoms with Crippen LogP contribution in [0.1, 0.15) is 23.2 Å². The Balaban J connectivity index is 1.76. The summed E-state index contributed by atoms with van der Waals surface area (Å²) in [4.78, 5) is 11.9. The van der Waals surface area contributed by atoms with Crippen molar-refractivity contribution in [3.63, 3.8) is 0 Å². The third kappa shape index (κ3) is 6.03. The van der Waals surface area contributed by atoms with Gasteiger partial charge in [-0.25, -0.2) is 9.11 Å². The number of ether oxygens (including phenoxy) is 1. The molecule has 0 bridgehead atoms. The lowest BCUT2D eigenvalue weighted by molar-refractivity contribution is 0.0954. The number of amides is 1. The molecule has 1 aliphatic rings. The molecular formula is C16H24FN3O4S. The summed E-state index contributed by atoms with van der Waals surface area (Å²) in [5.74, 6) is -0.594. The van der Waals surface area contributed by atoms with Crippen molar-refractivity contribution >= 4 is 16.1 Å². The molecular weight excluding hydrogens is 349 g/mol. The fourth-order valence-electron chi connectivity index (χ4n) is 2.77. The van der Waals surface area contributed by atoms with Crippen LogP contribution >= 0.6 is 0 Å². The van der Waals surface area contributed by atoms with E-state index in [2.05, 4.69) is 10.0 Å². The second-order valence-corrected chi connectivity index (χ2v) is 7.74. The molecule has 2 N–H and O–H groups in total. The standard InChI is InChI=1S/C16H24FN3O4S/c1-24-12-13-3-2-10-20(11-13)25(22,23)19-9-8-18-16(21)14-4-6-15(17)7-5-14/h4-7,13,19H,2-3,8-12H2,1H3,(H,18,21). The van der Waals surface area contributed by atoms with Crippen LogP contribution in [0.3, 0.4) is 0 Å². The van der Waals surface area contributed by atoms with Gasteiger partial charge < -0.3 is 10.1 Å². The fourth-order valence-corrected chi connectivity index (χ4v) is 4.09. The van der Waals surface area contributed by atoms with Crippen LogP contribution < -0.4 is 10.0 Å². The highest BCUT2D eigenvalue weighted by molar-refractivity contribution is 7.87. The first-order chi connectivity index (χ1) is 11.9. The summed E-state index contributed by atoms with van der Waals surface area (Å²) < 4.78 is 46.4. The van der Waals surface area contributed by atoms with Crippen LogP contribution in [0.5, 0.6) is 0 Å².